The lowest BCUT2D eigenvalue weighted by Crippen LogP contribution is -2.28. The van der Waals surface area contributed by atoms with Crippen LogP contribution in [-0.2, 0) is 0 Å². The average molecular weight is 358 g/mol. The summed E-state index contributed by atoms with van der Waals surface area (Å²) in [5.41, 5.74) is 4.17. The summed E-state index contributed by atoms with van der Waals surface area (Å²) >= 11 is 1.68. The number of hydrogen-bond donors (Lipinski definition) is 0. The van der Waals surface area contributed by atoms with Gasteiger partial charge in [0, 0.05) is 30.2 Å². The predicted octanol–water partition coefficient (Wildman–Crippen LogP) is 4.97. The highest BCUT2D eigenvalue weighted by molar-refractivity contribution is 7.09. The molecule has 1 amide bonds. The van der Waals surface area contributed by atoms with Crippen molar-refractivity contribution in [1.29, 1.82) is 0 Å². The van der Waals surface area contributed by atoms with Crippen molar-refractivity contribution >= 4 is 17.2 Å². The molecule has 1 aliphatic carbocycles. The number of thiazole rings is 1. The van der Waals surface area contributed by atoms with Gasteiger partial charge in [0.15, 0.2) is 0 Å². The fourth-order valence-corrected chi connectivity index (χ4v) is 5.02. The zero-order valence-corrected chi connectivity index (χ0v) is 16.1. The number of likely N-dealkylation sites (tertiary alicyclic amines) is 1. The van der Waals surface area contributed by atoms with Crippen LogP contribution >= 0.6 is 11.3 Å². The molecule has 0 atom stereocenters. The average Bonchev–Trinajstić information content (AvgIpc) is 3.35. The molecule has 4 rings (SSSR count). The molecule has 5 heteroatoms. The first kappa shape index (κ1) is 16.8. The van der Waals surface area contributed by atoms with Crippen LogP contribution in [0.15, 0.2) is 11.4 Å². The third-order valence-corrected chi connectivity index (χ3v) is 6.51. The van der Waals surface area contributed by atoms with Gasteiger partial charge >= 0.3 is 0 Å². The molecule has 0 unspecified atom stereocenters. The van der Waals surface area contributed by atoms with E-state index in [2.05, 4.69) is 22.9 Å². The Kier molecular flexibility index (Phi) is 4.67. The maximum absolute atomic E-state index is 13.0. The van der Waals surface area contributed by atoms with Gasteiger partial charge in [0.1, 0.15) is 0 Å². The molecular weight excluding hydrogens is 330 g/mol. The van der Waals surface area contributed by atoms with Crippen molar-refractivity contribution in [1.82, 2.24) is 14.5 Å². The molecule has 0 spiro atoms. The molecule has 4 nitrogen and oxygen atoms in total. The summed E-state index contributed by atoms with van der Waals surface area (Å²) in [5, 5.41) is 3.21. The minimum atomic E-state index is 0.206. The van der Waals surface area contributed by atoms with Crippen molar-refractivity contribution in [3.63, 3.8) is 0 Å². The van der Waals surface area contributed by atoms with E-state index in [-0.39, 0.29) is 5.91 Å². The van der Waals surface area contributed by atoms with Crippen LogP contribution in [0.2, 0.25) is 0 Å². The fourth-order valence-electron chi connectivity index (χ4n) is 4.42. The van der Waals surface area contributed by atoms with Crippen molar-refractivity contribution in [3.8, 4) is 11.4 Å². The molecule has 25 heavy (non-hydrogen) atoms. The third-order valence-electron chi connectivity index (χ3n) is 5.74. The molecule has 2 aromatic rings. The second-order valence-corrected chi connectivity index (χ2v) is 8.50. The van der Waals surface area contributed by atoms with Crippen molar-refractivity contribution in [3.05, 3.63) is 27.7 Å². The van der Waals surface area contributed by atoms with E-state index in [0.717, 1.165) is 53.6 Å². The summed E-state index contributed by atoms with van der Waals surface area (Å²) in [6.45, 7) is 5.97. The summed E-state index contributed by atoms with van der Waals surface area (Å²) in [6.07, 6.45) is 8.59. The first-order valence-electron chi connectivity index (χ1n) is 9.59. The standard InChI is InChI=1S/C20H27N3OS/c1-14-17(20(24)22-10-6-7-11-22)12-19(18-13-25-15(2)21-18)23(14)16-8-4-3-5-9-16/h12-13,16H,3-11H2,1-2H3. The number of carbonyl (C=O) groups is 1. The van der Waals surface area contributed by atoms with Crippen LogP contribution in [0.5, 0.6) is 0 Å². The minimum Gasteiger partial charge on any atom is -0.340 e. The first-order valence-corrected chi connectivity index (χ1v) is 10.5. The summed E-state index contributed by atoms with van der Waals surface area (Å²) in [4.78, 5) is 19.8. The Hall–Kier alpha value is -1.62. The Morgan fingerprint density at radius 1 is 1.12 bits per heavy atom. The Morgan fingerprint density at radius 2 is 1.84 bits per heavy atom. The molecule has 1 saturated carbocycles. The Bertz CT molecular complexity index is 764. The van der Waals surface area contributed by atoms with Gasteiger partial charge in [-0.15, -0.1) is 11.3 Å². The summed E-state index contributed by atoms with van der Waals surface area (Å²) < 4.78 is 2.43. The van der Waals surface area contributed by atoms with E-state index in [4.69, 9.17) is 4.98 Å². The van der Waals surface area contributed by atoms with Crippen LogP contribution in [0.4, 0.5) is 0 Å². The number of rotatable bonds is 3. The van der Waals surface area contributed by atoms with Gasteiger partial charge in [-0.05, 0) is 45.6 Å². The van der Waals surface area contributed by atoms with E-state index in [1.165, 1.54) is 32.1 Å². The van der Waals surface area contributed by atoms with Gasteiger partial charge in [-0.3, -0.25) is 4.79 Å². The van der Waals surface area contributed by atoms with Crippen LogP contribution in [0.1, 0.15) is 72.0 Å². The Labute approximate surface area is 153 Å². The molecule has 2 aliphatic rings. The molecule has 1 saturated heterocycles. The highest BCUT2D eigenvalue weighted by Crippen LogP contribution is 2.37. The highest BCUT2D eigenvalue weighted by atomic mass is 32.1. The van der Waals surface area contributed by atoms with E-state index in [9.17, 15) is 4.79 Å². The van der Waals surface area contributed by atoms with E-state index in [1.54, 1.807) is 11.3 Å². The molecule has 0 radical (unpaired) electrons. The number of hydrogen-bond acceptors (Lipinski definition) is 3. The van der Waals surface area contributed by atoms with Gasteiger partial charge in [-0.2, -0.15) is 0 Å². The van der Waals surface area contributed by atoms with Gasteiger partial charge in [-0.1, -0.05) is 19.3 Å². The molecular formula is C20H27N3OS. The van der Waals surface area contributed by atoms with Crippen molar-refractivity contribution < 1.29 is 4.79 Å². The maximum Gasteiger partial charge on any atom is 0.255 e. The zero-order valence-electron chi connectivity index (χ0n) is 15.3. The summed E-state index contributed by atoms with van der Waals surface area (Å²) in [7, 11) is 0. The molecule has 3 heterocycles. The van der Waals surface area contributed by atoms with Crippen molar-refractivity contribution in [2.24, 2.45) is 0 Å². The number of nitrogens with zero attached hydrogens (tertiary/aromatic N) is 3. The molecule has 0 N–H and O–H groups in total. The topological polar surface area (TPSA) is 38.1 Å². The number of carbonyl (C=O) groups excluding carboxylic acids is 1. The normalized spacial score (nSPS) is 18.9. The molecule has 0 bridgehead atoms. The number of amides is 1. The van der Waals surface area contributed by atoms with Crippen molar-refractivity contribution in [2.45, 2.75) is 64.8 Å². The van der Waals surface area contributed by atoms with Crippen LogP contribution in [-0.4, -0.2) is 33.4 Å². The molecule has 2 fully saturated rings. The van der Waals surface area contributed by atoms with Gasteiger partial charge < -0.3 is 9.47 Å². The highest BCUT2D eigenvalue weighted by Gasteiger charge is 2.28. The molecule has 1 aliphatic heterocycles. The lowest BCUT2D eigenvalue weighted by Gasteiger charge is -2.27. The quantitative estimate of drug-likeness (QED) is 0.778. The number of aromatic nitrogens is 2. The Balaban J connectivity index is 1.77. The van der Waals surface area contributed by atoms with Gasteiger partial charge in [-0.25, -0.2) is 4.98 Å². The predicted molar refractivity (Wildman–Crippen MR) is 102 cm³/mol. The third kappa shape index (κ3) is 3.14. The van der Waals surface area contributed by atoms with Gasteiger partial charge in [0.05, 0.1) is 22.0 Å². The Morgan fingerprint density at radius 3 is 2.48 bits per heavy atom. The van der Waals surface area contributed by atoms with E-state index >= 15 is 0 Å². The van der Waals surface area contributed by atoms with Gasteiger partial charge in [0.2, 0.25) is 0 Å². The lowest BCUT2D eigenvalue weighted by atomic mass is 9.95. The lowest BCUT2D eigenvalue weighted by molar-refractivity contribution is 0.0792. The molecule has 2 aromatic heterocycles. The SMILES string of the molecule is Cc1nc(-c2cc(C(=O)N3CCCC3)c(C)n2C2CCCCC2)cs1. The molecule has 0 aromatic carbocycles. The van der Waals surface area contributed by atoms with Crippen molar-refractivity contribution in [2.75, 3.05) is 13.1 Å². The minimum absolute atomic E-state index is 0.206. The van der Waals surface area contributed by atoms with E-state index < -0.39 is 0 Å². The summed E-state index contributed by atoms with van der Waals surface area (Å²) in [6, 6.07) is 2.62. The largest absolute Gasteiger partial charge is 0.340 e. The second kappa shape index (κ2) is 6.94. The van der Waals surface area contributed by atoms with Crippen LogP contribution < -0.4 is 0 Å². The van der Waals surface area contributed by atoms with E-state index in [1.807, 2.05) is 11.8 Å². The van der Waals surface area contributed by atoms with E-state index in [0.29, 0.717) is 6.04 Å². The second-order valence-electron chi connectivity index (χ2n) is 7.44. The molecule has 134 valence electrons. The van der Waals surface area contributed by atoms with Gasteiger partial charge in [0.25, 0.3) is 5.91 Å². The van der Waals surface area contributed by atoms with Crippen LogP contribution in [0.3, 0.4) is 0 Å². The zero-order chi connectivity index (χ0) is 17.4. The first-order chi connectivity index (χ1) is 12.1. The smallest absolute Gasteiger partial charge is 0.255 e. The maximum atomic E-state index is 13.0. The monoisotopic (exact) mass is 357 g/mol. The number of aryl methyl sites for hydroxylation is 1. The van der Waals surface area contributed by atoms with Crippen LogP contribution in [0.25, 0.3) is 11.4 Å². The fraction of sp³-hybridized carbons (Fsp3) is 0.600. The van der Waals surface area contributed by atoms with Crippen LogP contribution in [0, 0.1) is 13.8 Å². The summed E-state index contributed by atoms with van der Waals surface area (Å²) in [5.74, 6) is 0.206.